The number of nitrogens with zero attached hydrogens (tertiary/aromatic N) is 2. The topological polar surface area (TPSA) is 65.4 Å². The standard InChI is InChI=1S/C21H38N2O4/c24-6-5-22-1-3-23(4-2-22)15-20(25)16-26-7-8-27-21-12-17-9-18(13-21)11-19(10-17)14-21/h17-20,24-25H,1-16H2/t17?,18?,19?,20-,21?/m1/s1. The van der Waals surface area contributed by atoms with Crippen LogP contribution in [0.1, 0.15) is 38.5 Å². The summed E-state index contributed by atoms with van der Waals surface area (Å²) in [5, 5.41) is 19.2. The molecular weight excluding hydrogens is 344 g/mol. The SMILES string of the molecule is OCCN1CCN(C[C@@H](O)COCCOC23CC4CC(CC(C4)C2)C3)CC1. The molecule has 1 saturated heterocycles. The van der Waals surface area contributed by atoms with Gasteiger partial charge in [-0.1, -0.05) is 0 Å². The highest BCUT2D eigenvalue weighted by Gasteiger charge is 2.51. The molecule has 4 aliphatic carbocycles. The first-order valence-electron chi connectivity index (χ1n) is 11.1. The fourth-order valence-electron chi connectivity index (χ4n) is 6.43. The van der Waals surface area contributed by atoms with Crippen LogP contribution in [-0.2, 0) is 9.47 Å². The van der Waals surface area contributed by atoms with E-state index in [0.29, 0.717) is 26.4 Å². The molecule has 5 rings (SSSR count). The van der Waals surface area contributed by atoms with Crippen LogP contribution in [0.15, 0.2) is 0 Å². The summed E-state index contributed by atoms with van der Waals surface area (Å²) in [5.74, 6) is 2.74. The monoisotopic (exact) mass is 382 g/mol. The Hall–Kier alpha value is -0.240. The molecule has 6 heteroatoms. The molecule has 5 fully saturated rings. The van der Waals surface area contributed by atoms with Crippen LogP contribution >= 0.6 is 0 Å². The molecule has 0 unspecified atom stereocenters. The summed E-state index contributed by atoms with van der Waals surface area (Å²) >= 11 is 0. The third kappa shape index (κ3) is 5.22. The van der Waals surface area contributed by atoms with Gasteiger partial charge in [-0.15, -0.1) is 0 Å². The molecule has 0 aromatic carbocycles. The van der Waals surface area contributed by atoms with Crippen LogP contribution in [0.4, 0.5) is 0 Å². The summed E-state index contributed by atoms with van der Waals surface area (Å²) < 4.78 is 12.1. The average molecular weight is 383 g/mol. The van der Waals surface area contributed by atoms with E-state index in [1.165, 1.54) is 38.5 Å². The fourth-order valence-corrected chi connectivity index (χ4v) is 6.43. The van der Waals surface area contributed by atoms with E-state index in [9.17, 15) is 5.11 Å². The van der Waals surface area contributed by atoms with Gasteiger partial charge in [0.1, 0.15) is 0 Å². The highest BCUT2D eigenvalue weighted by atomic mass is 16.5. The number of ether oxygens (including phenoxy) is 2. The van der Waals surface area contributed by atoms with E-state index < -0.39 is 6.10 Å². The lowest BCUT2D eigenvalue weighted by Crippen LogP contribution is -2.52. The summed E-state index contributed by atoms with van der Waals surface area (Å²) in [4.78, 5) is 4.55. The maximum atomic E-state index is 10.2. The number of piperazine rings is 1. The van der Waals surface area contributed by atoms with Crippen molar-refractivity contribution >= 4 is 0 Å². The zero-order valence-corrected chi connectivity index (χ0v) is 16.7. The predicted octanol–water partition coefficient (Wildman–Crippen LogP) is 0.959. The van der Waals surface area contributed by atoms with E-state index in [0.717, 1.165) is 50.5 Å². The van der Waals surface area contributed by atoms with Crippen molar-refractivity contribution in [1.82, 2.24) is 9.80 Å². The van der Waals surface area contributed by atoms with E-state index in [2.05, 4.69) is 9.80 Å². The van der Waals surface area contributed by atoms with Gasteiger partial charge in [0.05, 0.1) is 38.1 Å². The van der Waals surface area contributed by atoms with Gasteiger partial charge in [0.2, 0.25) is 0 Å². The third-order valence-corrected chi connectivity index (χ3v) is 7.28. The van der Waals surface area contributed by atoms with E-state index in [-0.39, 0.29) is 12.2 Å². The highest BCUT2D eigenvalue weighted by molar-refractivity contribution is 5.03. The molecule has 1 aliphatic heterocycles. The summed E-state index contributed by atoms with van der Waals surface area (Å²) in [6, 6.07) is 0. The van der Waals surface area contributed by atoms with Crippen molar-refractivity contribution in [1.29, 1.82) is 0 Å². The first-order valence-corrected chi connectivity index (χ1v) is 11.1. The van der Waals surface area contributed by atoms with Gasteiger partial charge in [0.15, 0.2) is 0 Å². The number of aliphatic hydroxyl groups excluding tert-OH is 2. The zero-order chi connectivity index (χ0) is 18.7. The van der Waals surface area contributed by atoms with E-state index in [4.69, 9.17) is 14.6 Å². The summed E-state index contributed by atoms with van der Waals surface area (Å²) in [7, 11) is 0. The van der Waals surface area contributed by atoms with Crippen molar-refractivity contribution in [3.8, 4) is 0 Å². The molecule has 0 amide bonds. The van der Waals surface area contributed by atoms with Crippen LogP contribution in [-0.4, -0.2) is 97.4 Å². The Morgan fingerprint density at radius 3 is 2.07 bits per heavy atom. The number of hydrogen-bond acceptors (Lipinski definition) is 6. The number of hydrogen-bond donors (Lipinski definition) is 2. The van der Waals surface area contributed by atoms with Crippen molar-refractivity contribution in [2.45, 2.75) is 50.2 Å². The second-order valence-corrected chi connectivity index (χ2v) is 9.54. The fraction of sp³-hybridized carbons (Fsp3) is 1.00. The summed E-state index contributed by atoms with van der Waals surface area (Å²) in [6.07, 6.45) is 7.70. The van der Waals surface area contributed by atoms with Crippen LogP contribution in [0, 0.1) is 17.8 Å². The zero-order valence-electron chi connectivity index (χ0n) is 16.7. The van der Waals surface area contributed by atoms with Crippen LogP contribution in [0.3, 0.4) is 0 Å². The van der Waals surface area contributed by atoms with Gasteiger partial charge in [0.25, 0.3) is 0 Å². The minimum Gasteiger partial charge on any atom is -0.395 e. The van der Waals surface area contributed by atoms with E-state index in [1.807, 2.05) is 0 Å². The Bertz CT molecular complexity index is 432. The second kappa shape index (κ2) is 9.06. The molecule has 4 saturated carbocycles. The lowest BCUT2D eigenvalue weighted by Gasteiger charge is -2.56. The minimum absolute atomic E-state index is 0.158. The van der Waals surface area contributed by atoms with Crippen molar-refractivity contribution in [2.75, 3.05) is 65.7 Å². The molecule has 5 aliphatic rings. The van der Waals surface area contributed by atoms with Gasteiger partial charge in [-0.3, -0.25) is 9.80 Å². The maximum absolute atomic E-state index is 10.2. The van der Waals surface area contributed by atoms with Crippen LogP contribution in [0.2, 0.25) is 0 Å². The molecule has 1 heterocycles. The Balaban J connectivity index is 1.07. The molecule has 156 valence electrons. The third-order valence-electron chi connectivity index (χ3n) is 7.28. The first-order chi connectivity index (χ1) is 13.1. The van der Waals surface area contributed by atoms with Crippen molar-refractivity contribution in [3.63, 3.8) is 0 Å². The van der Waals surface area contributed by atoms with Gasteiger partial charge < -0.3 is 19.7 Å². The van der Waals surface area contributed by atoms with Gasteiger partial charge >= 0.3 is 0 Å². The van der Waals surface area contributed by atoms with Crippen molar-refractivity contribution in [3.05, 3.63) is 0 Å². The summed E-state index contributed by atoms with van der Waals surface area (Å²) in [5.41, 5.74) is 0.158. The number of aliphatic hydroxyl groups is 2. The molecular formula is C21H38N2O4. The van der Waals surface area contributed by atoms with Crippen LogP contribution in [0.25, 0.3) is 0 Å². The molecule has 2 N–H and O–H groups in total. The average Bonchev–Trinajstić information content (AvgIpc) is 2.62. The Labute approximate surface area is 163 Å². The smallest absolute Gasteiger partial charge is 0.0900 e. The van der Waals surface area contributed by atoms with Crippen molar-refractivity contribution in [2.24, 2.45) is 17.8 Å². The number of rotatable bonds is 10. The largest absolute Gasteiger partial charge is 0.395 e. The molecule has 1 atom stereocenters. The second-order valence-electron chi connectivity index (χ2n) is 9.54. The van der Waals surface area contributed by atoms with E-state index in [1.54, 1.807) is 0 Å². The Kier molecular flexibility index (Phi) is 6.72. The predicted molar refractivity (Wildman–Crippen MR) is 104 cm³/mol. The molecule has 0 aromatic rings. The van der Waals surface area contributed by atoms with E-state index >= 15 is 0 Å². The lowest BCUT2D eigenvalue weighted by molar-refractivity contribution is -0.170. The molecule has 27 heavy (non-hydrogen) atoms. The Morgan fingerprint density at radius 1 is 0.889 bits per heavy atom. The maximum Gasteiger partial charge on any atom is 0.0900 e. The van der Waals surface area contributed by atoms with Gasteiger partial charge in [-0.2, -0.15) is 0 Å². The van der Waals surface area contributed by atoms with Crippen LogP contribution in [0.5, 0.6) is 0 Å². The molecule has 0 spiro atoms. The number of β-amino-alcohol motifs (C(OH)–C–C–N with tert-alkyl or cyclic N) is 2. The molecule has 4 bridgehead atoms. The minimum atomic E-state index is -0.436. The quantitative estimate of drug-likeness (QED) is 0.549. The Morgan fingerprint density at radius 2 is 1.48 bits per heavy atom. The normalized spacial score (nSPS) is 37.8. The lowest BCUT2D eigenvalue weighted by atomic mass is 9.54. The highest BCUT2D eigenvalue weighted by Crippen LogP contribution is 2.57. The van der Waals surface area contributed by atoms with Crippen molar-refractivity contribution < 1.29 is 19.7 Å². The molecule has 6 nitrogen and oxygen atoms in total. The van der Waals surface area contributed by atoms with Gasteiger partial charge in [0, 0.05) is 39.3 Å². The molecule has 0 radical (unpaired) electrons. The van der Waals surface area contributed by atoms with Crippen LogP contribution < -0.4 is 0 Å². The first kappa shape index (κ1) is 20.0. The van der Waals surface area contributed by atoms with Gasteiger partial charge in [-0.25, -0.2) is 0 Å². The van der Waals surface area contributed by atoms with Gasteiger partial charge in [-0.05, 0) is 56.3 Å². The summed E-state index contributed by atoms with van der Waals surface area (Å²) in [6.45, 7) is 7.12. The molecule has 0 aromatic heterocycles.